The Kier molecular flexibility index (Phi) is 4.11. The maximum atomic E-state index is 12.8. The number of nitrogens with zero attached hydrogens (tertiary/aromatic N) is 1. The predicted octanol–water partition coefficient (Wildman–Crippen LogP) is 5.21. The minimum absolute atomic E-state index is 0.588. The first kappa shape index (κ1) is 15.2. The van der Waals surface area contributed by atoms with E-state index in [1.165, 1.54) is 12.1 Å². The van der Waals surface area contributed by atoms with Crippen LogP contribution in [-0.4, -0.2) is 6.98 Å². The van der Waals surface area contributed by atoms with Crippen molar-refractivity contribution < 1.29 is 12.9 Å². The summed E-state index contributed by atoms with van der Waals surface area (Å²) in [6.07, 6.45) is 0. The number of para-hydroxylation sites is 2. The number of hydrogen-bond acceptors (Lipinski definition) is 1. The van der Waals surface area contributed by atoms with Gasteiger partial charge in [-0.05, 0) is 36.4 Å². The molecule has 0 saturated carbocycles. The highest BCUT2D eigenvalue weighted by atomic mass is 19.4. The first-order valence-electron chi connectivity index (χ1n) is 7.26. The van der Waals surface area contributed by atoms with Gasteiger partial charge in [0.05, 0.1) is 0 Å². The zero-order chi connectivity index (χ0) is 16.3. The summed E-state index contributed by atoms with van der Waals surface area (Å²) < 4.78 is 38.4. The molecular formula is C18H14BF3N-. The van der Waals surface area contributed by atoms with Crippen LogP contribution in [0.3, 0.4) is 0 Å². The van der Waals surface area contributed by atoms with E-state index in [1.54, 1.807) is 0 Å². The minimum atomic E-state index is -4.98. The van der Waals surface area contributed by atoms with E-state index in [4.69, 9.17) is 0 Å². The molecule has 3 aromatic rings. The Balaban J connectivity index is 2.06. The SMILES string of the molecule is F[B-](F)(F)c1ccc(N(c2ccccc2)c2ccccc2)cc1. The van der Waals surface area contributed by atoms with E-state index in [0.29, 0.717) is 5.69 Å². The average Bonchev–Trinajstić information content (AvgIpc) is 2.57. The lowest BCUT2D eigenvalue weighted by atomic mass is 9.80. The van der Waals surface area contributed by atoms with E-state index in [-0.39, 0.29) is 0 Å². The van der Waals surface area contributed by atoms with Crippen LogP contribution in [0.25, 0.3) is 0 Å². The second-order valence-corrected chi connectivity index (χ2v) is 5.17. The van der Waals surface area contributed by atoms with E-state index >= 15 is 0 Å². The Morgan fingerprint density at radius 1 is 0.522 bits per heavy atom. The van der Waals surface area contributed by atoms with Crippen LogP contribution in [0.5, 0.6) is 0 Å². The molecule has 23 heavy (non-hydrogen) atoms. The molecule has 0 aliphatic heterocycles. The molecule has 0 atom stereocenters. The minimum Gasteiger partial charge on any atom is -0.445 e. The van der Waals surface area contributed by atoms with Crippen molar-refractivity contribution >= 4 is 29.5 Å². The van der Waals surface area contributed by atoms with Crippen LogP contribution in [0.2, 0.25) is 0 Å². The molecule has 0 spiro atoms. The molecular weight excluding hydrogens is 298 g/mol. The Hall–Kier alpha value is -2.69. The van der Waals surface area contributed by atoms with Gasteiger partial charge < -0.3 is 17.8 Å². The largest absolute Gasteiger partial charge is 0.509 e. The van der Waals surface area contributed by atoms with Crippen LogP contribution < -0.4 is 10.4 Å². The highest BCUT2D eigenvalue weighted by Gasteiger charge is 2.25. The first-order valence-corrected chi connectivity index (χ1v) is 7.26. The molecule has 3 aromatic carbocycles. The van der Waals surface area contributed by atoms with Gasteiger partial charge in [-0.1, -0.05) is 48.5 Å². The summed E-state index contributed by atoms with van der Waals surface area (Å²) in [6, 6.07) is 24.4. The summed E-state index contributed by atoms with van der Waals surface area (Å²) in [4.78, 5) is 1.92. The van der Waals surface area contributed by atoms with Gasteiger partial charge in [0.25, 0.3) is 0 Å². The average molecular weight is 312 g/mol. The van der Waals surface area contributed by atoms with Crippen LogP contribution in [-0.2, 0) is 0 Å². The lowest BCUT2D eigenvalue weighted by Crippen LogP contribution is -2.33. The summed E-state index contributed by atoms with van der Waals surface area (Å²) in [5.74, 6) is 0. The van der Waals surface area contributed by atoms with Crippen molar-refractivity contribution in [3.8, 4) is 0 Å². The van der Waals surface area contributed by atoms with Crippen molar-refractivity contribution in [1.29, 1.82) is 0 Å². The van der Waals surface area contributed by atoms with Crippen molar-refractivity contribution in [2.75, 3.05) is 4.90 Å². The number of hydrogen-bond donors (Lipinski definition) is 0. The first-order chi connectivity index (χ1) is 11.1. The van der Waals surface area contributed by atoms with Crippen molar-refractivity contribution in [2.24, 2.45) is 0 Å². The maximum absolute atomic E-state index is 12.8. The van der Waals surface area contributed by atoms with Gasteiger partial charge in [-0.3, -0.25) is 0 Å². The predicted molar refractivity (Wildman–Crippen MR) is 89.8 cm³/mol. The number of rotatable bonds is 4. The Labute approximate surface area is 133 Å². The monoisotopic (exact) mass is 312 g/mol. The lowest BCUT2D eigenvalue weighted by Gasteiger charge is -2.26. The quantitative estimate of drug-likeness (QED) is 0.598. The normalized spacial score (nSPS) is 11.3. The third-order valence-corrected chi connectivity index (χ3v) is 3.56. The van der Waals surface area contributed by atoms with Gasteiger partial charge in [-0.15, -0.1) is 5.46 Å². The van der Waals surface area contributed by atoms with Gasteiger partial charge in [0, 0.05) is 17.1 Å². The molecule has 0 bridgehead atoms. The van der Waals surface area contributed by atoms with E-state index in [0.717, 1.165) is 23.5 Å². The fourth-order valence-electron chi connectivity index (χ4n) is 2.44. The molecule has 3 rings (SSSR count). The van der Waals surface area contributed by atoms with Crippen LogP contribution >= 0.6 is 0 Å². The highest BCUT2D eigenvalue weighted by molar-refractivity contribution is 6.73. The van der Waals surface area contributed by atoms with E-state index in [2.05, 4.69) is 0 Å². The van der Waals surface area contributed by atoms with Gasteiger partial charge in [-0.2, -0.15) is 0 Å². The van der Waals surface area contributed by atoms with E-state index < -0.39 is 12.4 Å². The molecule has 116 valence electrons. The summed E-state index contributed by atoms with van der Waals surface area (Å²) in [7, 11) is 0. The zero-order valence-electron chi connectivity index (χ0n) is 12.2. The van der Waals surface area contributed by atoms with Crippen molar-refractivity contribution in [3.05, 3.63) is 84.9 Å². The second kappa shape index (κ2) is 6.20. The summed E-state index contributed by atoms with van der Waals surface area (Å²) in [6.45, 7) is -4.98. The fourth-order valence-corrected chi connectivity index (χ4v) is 2.44. The molecule has 0 aliphatic rings. The number of halogens is 3. The molecule has 0 aromatic heterocycles. The second-order valence-electron chi connectivity index (χ2n) is 5.17. The number of anilines is 3. The van der Waals surface area contributed by atoms with E-state index in [9.17, 15) is 12.9 Å². The van der Waals surface area contributed by atoms with Crippen molar-refractivity contribution in [3.63, 3.8) is 0 Å². The zero-order valence-corrected chi connectivity index (χ0v) is 12.2. The lowest BCUT2D eigenvalue weighted by molar-refractivity contribution is 0.501. The summed E-state index contributed by atoms with van der Waals surface area (Å²) in [5.41, 5.74) is 1.88. The summed E-state index contributed by atoms with van der Waals surface area (Å²) >= 11 is 0. The van der Waals surface area contributed by atoms with Gasteiger partial charge in [0.2, 0.25) is 0 Å². The molecule has 0 N–H and O–H groups in total. The molecule has 0 radical (unpaired) electrons. The van der Waals surface area contributed by atoms with Crippen LogP contribution in [0.1, 0.15) is 0 Å². The van der Waals surface area contributed by atoms with Crippen LogP contribution in [0.4, 0.5) is 30.0 Å². The molecule has 0 aliphatic carbocycles. The van der Waals surface area contributed by atoms with Gasteiger partial charge in [0.1, 0.15) is 0 Å². The van der Waals surface area contributed by atoms with Gasteiger partial charge >= 0.3 is 6.98 Å². The van der Waals surface area contributed by atoms with Crippen LogP contribution in [0.15, 0.2) is 84.9 Å². The topological polar surface area (TPSA) is 3.24 Å². The smallest absolute Gasteiger partial charge is 0.445 e. The van der Waals surface area contributed by atoms with Gasteiger partial charge in [0.15, 0.2) is 0 Å². The molecule has 0 amide bonds. The number of benzene rings is 3. The third kappa shape index (κ3) is 3.39. The molecule has 0 heterocycles. The molecule has 1 nitrogen and oxygen atoms in total. The van der Waals surface area contributed by atoms with E-state index in [1.807, 2.05) is 65.6 Å². The molecule has 0 fully saturated rings. The van der Waals surface area contributed by atoms with Crippen molar-refractivity contribution in [1.82, 2.24) is 0 Å². The van der Waals surface area contributed by atoms with Gasteiger partial charge in [-0.25, -0.2) is 0 Å². The Bertz CT molecular complexity index is 716. The summed E-state index contributed by atoms with van der Waals surface area (Å²) in [5, 5.41) is 0. The Morgan fingerprint density at radius 3 is 1.30 bits per heavy atom. The molecule has 0 saturated heterocycles. The Morgan fingerprint density at radius 2 is 0.913 bits per heavy atom. The third-order valence-electron chi connectivity index (χ3n) is 3.56. The standard InChI is InChI=1S/C18H14BF3N/c20-19(21,22)15-11-13-18(14-12-15)23(16-7-3-1-4-8-16)17-9-5-2-6-10-17/h1-14H/q-1. The van der Waals surface area contributed by atoms with Crippen molar-refractivity contribution in [2.45, 2.75) is 0 Å². The molecule has 5 heteroatoms. The van der Waals surface area contributed by atoms with Crippen LogP contribution in [0, 0.1) is 0 Å². The molecule has 0 unspecified atom stereocenters. The maximum Gasteiger partial charge on any atom is 0.509 e. The highest BCUT2D eigenvalue weighted by Crippen LogP contribution is 2.33. The fraction of sp³-hybridized carbons (Fsp3) is 0.